The fourth-order valence-electron chi connectivity index (χ4n) is 2.73. The maximum Gasteiger partial charge on any atom is 0.309 e. The standard InChI is InChI=1S/C16H21N5O5/c1-17-14(22)15(23)18-6-7-19-8-10-20(11-9-19)16(24)12-2-4-13(5-3-12)21(25)26/h2-5H,6-11H2,1H3,(H,17,22)(H,18,23)/p+1. The van der Waals surface area contributed by atoms with Gasteiger partial charge in [0.25, 0.3) is 11.6 Å². The van der Waals surface area contributed by atoms with Crippen LogP contribution in [0.25, 0.3) is 0 Å². The number of hydrogen-bond donors (Lipinski definition) is 3. The molecule has 1 heterocycles. The van der Waals surface area contributed by atoms with Gasteiger partial charge in [-0.25, -0.2) is 0 Å². The lowest BCUT2D eigenvalue weighted by atomic mass is 10.1. The third kappa shape index (κ3) is 4.99. The molecule has 1 aliphatic rings. The van der Waals surface area contributed by atoms with Crippen LogP contribution in [0.5, 0.6) is 0 Å². The molecule has 0 bridgehead atoms. The number of benzene rings is 1. The molecule has 0 radical (unpaired) electrons. The molecule has 0 spiro atoms. The third-order valence-electron chi connectivity index (χ3n) is 4.28. The van der Waals surface area contributed by atoms with Gasteiger partial charge in [-0.3, -0.25) is 24.5 Å². The van der Waals surface area contributed by atoms with Gasteiger partial charge in [0.2, 0.25) is 0 Å². The second-order valence-corrected chi connectivity index (χ2v) is 5.93. The summed E-state index contributed by atoms with van der Waals surface area (Å²) >= 11 is 0. The minimum atomic E-state index is -0.668. The highest BCUT2D eigenvalue weighted by atomic mass is 16.6. The summed E-state index contributed by atoms with van der Waals surface area (Å²) in [4.78, 5) is 48.0. The van der Waals surface area contributed by atoms with E-state index in [1.807, 2.05) is 0 Å². The molecule has 1 aromatic carbocycles. The van der Waals surface area contributed by atoms with Crippen LogP contribution in [0.3, 0.4) is 0 Å². The molecule has 0 saturated carbocycles. The van der Waals surface area contributed by atoms with E-state index in [2.05, 4.69) is 10.6 Å². The summed E-state index contributed by atoms with van der Waals surface area (Å²) in [6, 6.07) is 5.58. The van der Waals surface area contributed by atoms with Crippen molar-refractivity contribution in [2.45, 2.75) is 0 Å². The van der Waals surface area contributed by atoms with E-state index in [1.165, 1.54) is 36.2 Å². The van der Waals surface area contributed by atoms with Crippen LogP contribution in [0.2, 0.25) is 0 Å². The lowest BCUT2D eigenvalue weighted by molar-refractivity contribution is -0.902. The number of rotatable bonds is 5. The van der Waals surface area contributed by atoms with Gasteiger partial charge in [0, 0.05) is 24.7 Å². The molecule has 1 fully saturated rings. The fraction of sp³-hybridized carbons (Fsp3) is 0.438. The summed E-state index contributed by atoms with van der Waals surface area (Å²) < 4.78 is 0. The Hall–Kier alpha value is -3.01. The van der Waals surface area contributed by atoms with Crippen molar-refractivity contribution in [2.75, 3.05) is 46.3 Å². The number of nitro benzene ring substituents is 1. The predicted molar refractivity (Wildman–Crippen MR) is 91.6 cm³/mol. The lowest BCUT2D eigenvalue weighted by Crippen LogP contribution is -3.15. The van der Waals surface area contributed by atoms with Gasteiger partial charge in [0.05, 0.1) is 44.2 Å². The average Bonchev–Trinajstić information content (AvgIpc) is 2.67. The van der Waals surface area contributed by atoms with E-state index in [0.717, 1.165) is 13.1 Å². The first-order valence-corrected chi connectivity index (χ1v) is 8.29. The smallest absolute Gasteiger partial charge is 0.309 e. The van der Waals surface area contributed by atoms with Gasteiger partial charge in [0.15, 0.2) is 0 Å². The van der Waals surface area contributed by atoms with Crippen molar-refractivity contribution in [1.29, 1.82) is 0 Å². The SMILES string of the molecule is CNC(=O)C(=O)NCC[NH+]1CCN(C(=O)c2ccc([N+](=O)[O-])cc2)CC1. The predicted octanol–water partition coefficient (Wildman–Crippen LogP) is -2.20. The molecule has 0 atom stereocenters. The van der Waals surface area contributed by atoms with Crippen molar-refractivity contribution in [3.63, 3.8) is 0 Å². The molecule has 0 unspecified atom stereocenters. The molecule has 3 N–H and O–H groups in total. The molecular weight excluding hydrogens is 342 g/mol. The van der Waals surface area contributed by atoms with Crippen molar-refractivity contribution in [3.05, 3.63) is 39.9 Å². The van der Waals surface area contributed by atoms with Crippen LogP contribution < -0.4 is 15.5 Å². The zero-order chi connectivity index (χ0) is 19.1. The Kier molecular flexibility index (Phi) is 6.61. The van der Waals surface area contributed by atoms with Crippen LogP contribution in [0, 0.1) is 10.1 Å². The van der Waals surface area contributed by atoms with E-state index in [-0.39, 0.29) is 11.6 Å². The normalized spacial score (nSPS) is 14.6. The summed E-state index contributed by atoms with van der Waals surface area (Å²) in [5.41, 5.74) is 0.381. The number of nitro groups is 1. The monoisotopic (exact) mass is 364 g/mol. The van der Waals surface area contributed by atoms with Crippen LogP contribution in [-0.2, 0) is 9.59 Å². The highest BCUT2D eigenvalue weighted by Gasteiger charge is 2.25. The molecule has 2 rings (SSSR count). The molecule has 1 aliphatic heterocycles. The van der Waals surface area contributed by atoms with Gasteiger partial charge in [-0.2, -0.15) is 0 Å². The molecule has 10 heteroatoms. The van der Waals surface area contributed by atoms with Gasteiger partial charge in [-0.15, -0.1) is 0 Å². The molecule has 1 aromatic rings. The summed E-state index contributed by atoms with van der Waals surface area (Å²) in [6.07, 6.45) is 0. The largest absolute Gasteiger partial charge is 0.351 e. The van der Waals surface area contributed by atoms with Crippen molar-refractivity contribution < 1.29 is 24.2 Å². The van der Waals surface area contributed by atoms with Crippen LogP contribution in [0.1, 0.15) is 10.4 Å². The van der Waals surface area contributed by atoms with Crippen LogP contribution in [0.4, 0.5) is 5.69 Å². The molecule has 1 saturated heterocycles. The topological polar surface area (TPSA) is 126 Å². The molecule has 10 nitrogen and oxygen atoms in total. The Morgan fingerprint density at radius 2 is 1.77 bits per heavy atom. The van der Waals surface area contributed by atoms with Gasteiger partial charge < -0.3 is 20.4 Å². The first-order chi connectivity index (χ1) is 12.4. The van der Waals surface area contributed by atoms with Crippen LogP contribution in [-0.4, -0.2) is 73.9 Å². The third-order valence-corrected chi connectivity index (χ3v) is 4.28. The number of non-ortho nitro benzene ring substituents is 1. The number of hydrogen-bond acceptors (Lipinski definition) is 5. The first kappa shape index (κ1) is 19.3. The number of amides is 3. The quantitative estimate of drug-likeness (QED) is 0.310. The molecular formula is C16H22N5O5+. The van der Waals surface area contributed by atoms with E-state index in [4.69, 9.17) is 0 Å². The Balaban J connectivity index is 1.77. The number of carbonyl (C=O) groups is 3. The molecule has 26 heavy (non-hydrogen) atoms. The molecule has 0 aromatic heterocycles. The molecule has 0 aliphatic carbocycles. The highest BCUT2D eigenvalue weighted by molar-refractivity contribution is 6.34. The number of quaternary nitrogens is 1. The zero-order valence-electron chi connectivity index (χ0n) is 14.5. The maximum atomic E-state index is 12.4. The second kappa shape index (κ2) is 8.90. The van der Waals surface area contributed by atoms with Gasteiger partial charge in [-0.05, 0) is 12.1 Å². The minimum Gasteiger partial charge on any atom is -0.351 e. The highest BCUT2D eigenvalue weighted by Crippen LogP contribution is 2.13. The van der Waals surface area contributed by atoms with E-state index in [0.29, 0.717) is 31.7 Å². The van der Waals surface area contributed by atoms with Crippen molar-refractivity contribution in [1.82, 2.24) is 15.5 Å². The number of nitrogens with one attached hydrogen (secondary N) is 3. The van der Waals surface area contributed by atoms with Crippen molar-refractivity contribution in [2.24, 2.45) is 0 Å². The Labute approximate surface area is 150 Å². The van der Waals surface area contributed by atoms with Gasteiger partial charge in [0.1, 0.15) is 0 Å². The zero-order valence-corrected chi connectivity index (χ0v) is 14.5. The number of likely N-dealkylation sites (N-methyl/N-ethyl adjacent to an activating group) is 1. The summed E-state index contributed by atoms with van der Waals surface area (Å²) in [7, 11) is 1.40. The molecule has 140 valence electrons. The van der Waals surface area contributed by atoms with E-state index in [9.17, 15) is 24.5 Å². The Bertz CT molecular complexity index is 683. The first-order valence-electron chi connectivity index (χ1n) is 8.29. The maximum absolute atomic E-state index is 12.4. The van der Waals surface area contributed by atoms with Crippen molar-refractivity contribution >= 4 is 23.4 Å². The summed E-state index contributed by atoms with van der Waals surface area (Å²) in [5, 5.41) is 15.5. The fourth-order valence-corrected chi connectivity index (χ4v) is 2.73. The number of carbonyl (C=O) groups excluding carboxylic acids is 3. The summed E-state index contributed by atoms with van der Waals surface area (Å²) in [5.74, 6) is -1.47. The van der Waals surface area contributed by atoms with Crippen LogP contribution in [0.15, 0.2) is 24.3 Å². The second-order valence-electron chi connectivity index (χ2n) is 5.93. The van der Waals surface area contributed by atoms with E-state index >= 15 is 0 Å². The average molecular weight is 364 g/mol. The lowest BCUT2D eigenvalue weighted by Gasteiger charge is -2.32. The minimum absolute atomic E-state index is 0.0467. The van der Waals surface area contributed by atoms with Crippen LogP contribution >= 0.6 is 0 Å². The van der Waals surface area contributed by atoms with E-state index < -0.39 is 16.7 Å². The number of piperazine rings is 1. The Morgan fingerprint density at radius 1 is 1.15 bits per heavy atom. The molecule has 3 amide bonds. The Morgan fingerprint density at radius 3 is 2.31 bits per heavy atom. The van der Waals surface area contributed by atoms with Gasteiger partial charge >= 0.3 is 11.8 Å². The van der Waals surface area contributed by atoms with Gasteiger partial charge in [-0.1, -0.05) is 0 Å². The summed E-state index contributed by atoms with van der Waals surface area (Å²) in [6.45, 7) is 3.65. The van der Waals surface area contributed by atoms with Crippen molar-refractivity contribution in [3.8, 4) is 0 Å². The number of nitrogens with zero attached hydrogens (tertiary/aromatic N) is 2. The van der Waals surface area contributed by atoms with E-state index in [1.54, 1.807) is 4.90 Å².